The minimum Gasteiger partial charge on any atom is -0.348 e. The van der Waals surface area contributed by atoms with Crippen LogP contribution in [-0.2, 0) is 23.1 Å². The zero-order valence-corrected chi connectivity index (χ0v) is 10.3. The van der Waals surface area contributed by atoms with Crippen LogP contribution in [0.5, 0.6) is 0 Å². The number of hydrogen-bond donors (Lipinski definition) is 1. The molecule has 6 nitrogen and oxygen atoms in total. The van der Waals surface area contributed by atoms with Gasteiger partial charge in [-0.2, -0.15) is 0 Å². The summed E-state index contributed by atoms with van der Waals surface area (Å²) in [4.78, 5) is 0. The summed E-state index contributed by atoms with van der Waals surface area (Å²) >= 11 is 0. The van der Waals surface area contributed by atoms with Crippen molar-refractivity contribution in [3.8, 4) is 0 Å². The van der Waals surface area contributed by atoms with E-state index in [9.17, 15) is 4.57 Å². The van der Waals surface area contributed by atoms with Gasteiger partial charge in [-0.05, 0) is 13.8 Å². The molecule has 2 N–H and O–H groups in total. The number of hydrogen-bond acceptors (Lipinski definition) is 6. The first-order valence-electron chi connectivity index (χ1n) is 4.63. The van der Waals surface area contributed by atoms with E-state index in [0.717, 1.165) is 0 Å². The molecule has 0 saturated carbocycles. The molecule has 0 spiro atoms. The average molecular weight is 239 g/mol. The summed E-state index contributed by atoms with van der Waals surface area (Å²) in [6.07, 6.45) is -0.481. The van der Waals surface area contributed by atoms with Crippen LogP contribution in [-0.4, -0.2) is 38.5 Å². The summed E-state index contributed by atoms with van der Waals surface area (Å²) in [6.45, 7) is 3.82. The molecular formula is C8H18NO5P. The van der Waals surface area contributed by atoms with Crippen LogP contribution in [0.3, 0.4) is 0 Å². The van der Waals surface area contributed by atoms with Gasteiger partial charge in [-0.15, -0.1) is 0 Å². The molecule has 90 valence electrons. The molecule has 0 aliphatic carbocycles. The van der Waals surface area contributed by atoms with Crippen LogP contribution in [0.1, 0.15) is 13.8 Å². The quantitative estimate of drug-likeness (QED) is 0.734. The molecule has 0 amide bonds. The van der Waals surface area contributed by atoms with Gasteiger partial charge in [0.25, 0.3) is 0 Å². The molecule has 2 atom stereocenters. The second kappa shape index (κ2) is 4.49. The Bertz CT molecular complexity index is 262. The van der Waals surface area contributed by atoms with Crippen LogP contribution in [0.4, 0.5) is 0 Å². The van der Waals surface area contributed by atoms with Gasteiger partial charge in [-0.25, -0.2) is 0 Å². The highest BCUT2D eigenvalue weighted by Gasteiger charge is 2.44. The SMILES string of the molecule is COP(=O)(OC)[C@@H](N)C1COC(C)(C)O1. The molecule has 7 heteroatoms. The van der Waals surface area contributed by atoms with Crippen molar-refractivity contribution in [2.45, 2.75) is 31.5 Å². The molecule has 1 aliphatic heterocycles. The Hall–Kier alpha value is 0.0300. The van der Waals surface area contributed by atoms with Crippen molar-refractivity contribution >= 4 is 7.60 Å². The maximum atomic E-state index is 11.9. The summed E-state index contributed by atoms with van der Waals surface area (Å²) < 4.78 is 32.4. The van der Waals surface area contributed by atoms with Crippen molar-refractivity contribution in [2.24, 2.45) is 5.73 Å². The van der Waals surface area contributed by atoms with E-state index >= 15 is 0 Å². The Morgan fingerprint density at radius 1 is 1.47 bits per heavy atom. The first-order valence-corrected chi connectivity index (χ1v) is 6.24. The van der Waals surface area contributed by atoms with Gasteiger partial charge in [-0.1, -0.05) is 0 Å². The molecule has 0 radical (unpaired) electrons. The number of ether oxygens (including phenoxy) is 2. The highest BCUT2D eigenvalue weighted by atomic mass is 31.2. The third-order valence-electron chi connectivity index (χ3n) is 2.29. The van der Waals surface area contributed by atoms with E-state index in [1.165, 1.54) is 14.2 Å². The van der Waals surface area contributed by atoms with Crippen molar-refractivity contribution in [1.82, 2.24) is 0 Å². The van der Waals surface area contributed by atoms with E-state index in [2.05, 4.69) is 0 Å². The fourth-order valence-corrected chi connectivity index (χ4v) is 2.60. The first-order chi connectivity index (χ1) is 6.84. The molecule has 0 aromatic heterocycles. The summed E-state index contributed by atoms with van der Waals surface area (Å²) in [5.74, 6) is -1.54. The minimum atomic E-state index is -3.30. The summed E-state index contributed by atoms with van der Waals surface area (Å²) in [6, 6.07) is 0. The summed E-state index contributed by atoms with van der Waals surface area (Å²) in [7, 11) is -0.712. The van der Waals surface area contributed by atoms with Gasteiger partial charge in [0.15, 0.2) is 5.79 Å². The van der Waals surface area contributed by atoms with E-state index in [4.69, 9.17) is 24.3 Å². The van der Waals surface area contributed by atoms with Crippen molar-refractivity contribution in [1.29, 1.82) is 0 Å². The van der Waals surface area contributed by atoms with Crippen molar-refractivity contribution in [2.75, 3.05) is 20.8 Å². The fourth-order valence-electron chi connectivity index (χ4n) is 1.41. The standard InChI is InChI=1S/C8H18NO5P/c1-8(2)13-5-6(14-8)7(9)15(10,11-3)12-4/h6-7H,5,9H2,1-4H3/t6?,7-/m1/s1. The van der Waals surface area contributed by atoms with Crippen molar-refractivity contribution in [3.05, 3.63) is 0 Å². The number of rotatable bonds is 4. The van der Waals surface area contributed by atoms with Crippen LogP contribution in [0.25, 0.3) is 0 Å². The van der Waals surface area contributed by atoms with Crippen LogP contribution < -0.4 is 5.73 Å². The van der Waals surface area contributed by atoms with Crippen molar-refractivity contribution in [3.63, 3.8) is 0 Å². The van der Waals surface area contributed by atoms with Gasteiger partial charge < -0.3 is 24.3 Å². The zero-order valence-electron chi connectivity index (χ0n) is 9.43. The van der Waals surface area contributed by atoms with E-state index in [1.54, 1.807) is 13.8 Å². The van der Waals surface area contributed by atoms with Gasteiger partial charge in [0.2, 0.25) is 0 Å². The maximum absolute atomic E-state index is 11.9. The van der Waals surface area contributed by atoms with E-state index < -0.39 is 25.3 Å². The van der Waals surface area contributed by atoms with Crippen LogP contribution in [0, 0.1) is 0 Å². The lowest BCUT2D eigenvalue weighted by Crippen LogP contribution is -2.38. The second-order valence-electron chi connectivity index (χ2n) is 3.76. The molecule has 0 aromatic carbocycles. The van der Waals surface area contributed by atoms with Crippen LogP contribution >= 0.6 is 7.60 Å². The molecular weight excluding hydrogens is 221 g/mol. The topological polar surface area (TPSA) is 80.0 Å². The smallest absolute Gasteiger partial charge is 0.348 e. The molecule has 1 saturated heterocycles. The highest BCUT2D eigenvalue weighted by molar-refractivity contribution is 7.54. The predicted octanol–water partition coefficient (Wildman–Crippen LogP) is 0.909. The lowest BCUT2D eigenvalue weighted by atomic mass is 10.4. The highest BCUT2D eigenvalue weighted by Crippen LogP contribution is 2.52. The Morgan fingerprint density at radius 3 is 2.33 bits per heavy atom. The lowest BCUT2D eigenvalue weighted by Gasteiger charge is -2.25. The van der Waals surface area contributed by atoms with Gasteiger partial charge in [0.1, 0.15) is 11.9 Å². The average Bonchev–Trinajstić information content (AvgIpc) is 2.56. The van der Waals surface area contributed by atoms with E-state index in [0.29, 0.717) is 0 Å². The van der Waals surface area contributed by atoms with Gasteiger partial charge in [0.05, 0.1) is 6.61 Å². The molecule has 1 heterocycles. The monoisotopic (exact) mass is 239 g/mol. The molecule has 1 fully saturated rings. The lowest BCUT2D eigenvalue weighted by molar-refractivity contribution is -0.138. The molecule has 15 heavy (non-hydrogen) atoms. The molecule has 0 aromatic rings. The third kappa shape index (κ3) is 2.78. The Morgan fingerprint density at radius 2 is 2.00 bits per heavy atom. The maximum Gasteiger partial charge on any atom is 0.349 e. The largest absolute Gasteiger partial charge is 0.349 e. The predicted molar refractivity (Wildman–Crippen MR) is 54.5 cm³/mol. The zero-order chi connectivity index (χ0) is 11.7. The third-order valence-corrected chi connectivity index (χ3v) is 4.37. The minimum absolute atomic E-state index is 0.283. The molecule has 1 rings (SSSR count). The van der Waals surface area contributed by atoms with E-state index in [-0.39, 0.29) is 6.61 Å². The van der Waals surface area contributed by atoms with Gasteiger partial charge in [0, 0.05) is 14.2 Å². The van der Waals surface area contributed by atoms with Crippen molar-refractivity contribution < 1.29 is 23.1 Å². The van der Waals surface area contributed by atoms with Crippen LogP contribution in [0.15, 0.2) is 0 Å². The Balaban J connectivity index is 2.70. The summed E-state index contributed by atoms with van der Waals surface area (Å²) in [5.41, 5.74) is 5.78. The first kappa shape index (κ1) is 13.1. The Labute approximate surface area is 89.5 Å². The Kier molecular flexibility index (Phi) is 3.92. The summed E-state index contributed by atoms with van der Waals surface area (Å²) in [5, 5.41) is 0. The van der Waals surface area contributed by atoms with E-state index in [1.807, 2.05) is 0 Å². The molecule has 1 unspecified atom stereocenters. The second-order valence-corrected chi connectivity index (χ2v) is 6.17. The van der Waals surface area contributed by atoms with Gasteiger partial charge in [-0.3, -0.25) is 4.57 Å². The van der Waals surface area contributed by atoms with Gasteiger partial charge >= 0.3 is 7.60 Å². The number of nitrogens with two attached hydrogens (primary N) is 1. The normalized spacial score (nSPS) is 27.9. The fraction of sp³-hybridized carbons (Fsp3) is 1.00. The molecule has 1 aliphatic rings. The van der Waals surface area contributed by atoms with Crippen LogP contribution in [0.2, 0.25) is 0 Å². The molecule has 0 bridgehead atoms.